The Morgan fingerprint density at radius 3 is 2.75 bits per heavy atom. The molecule has 1 aromatic rings. The third-order valence-corrected chi connectivity index (χ3v) is 2.06. The van der Waals surface area contributed by atoms with Crippen LogP contribution in [0.3, 0.4) is 0 Å². The van der Waals surface area contributed by atoms with Gasteiger partial charge in [-0.2, -0.15) is 5.26 Å². The average molecular weight is 227 g/mol. The van der Waals surface area contributed by atoms with Gasteiger partial charge in [0.25, 0.3) is 0 Å². The molecule has 0 aromatic heterocycles. The van der Waals surface area contributed by atoms with Crippen LogP contribution < -0.4 is 10.5 Å². The summed E-state index contributed by atoms with van der Waals surface area (Å²) < 4.78 is 5.74. The van der Waals surface area contributed by atoms with Crippen LogP contribution in [-0.2, 0) is 0 Å². The molecule has 0 bridgehead atoms. The molecule has 62 valence electrons. The monoisotopic (exact) mass is 226 g/mol. The van der Waals surface area contributed by atoms with E-state index in [1.54, 1.807) is 12.1 Å². The van der Waals surface area contributed by atoms with Crippen LogP contribution in [0.4, 0.5) is 5.69 Å². The molecule has 3 nitrogen and oxygen atoms in total. The van der Waals surface area contributed by atoms with Gasteiger partial charge in [-0.1, -0.05) is 0 Å². The zero-order valence-electron chi connectivity index (χ0n) is 6.47. The van der Waals surface area contributed by atoms with Gasteiger partial charge in [0.1, 0.15) is 11.8 Å². The summed E-state index contributed by atoms with van der Waals surface area (Å²) in [5.74, 6) is 0.612. The summed E-state index contributed by atoms with van der Waals surface area (Å²) in [6.07, 6.45) is 0. The molecule has 0 aliphatic heterocycles. The maximum Gasteiger partial charge on any atom is 0.134 e. The maximum atomic E-state index is 8.63. The van der Waals surface area contributed by atoms with Gasteiger partial charge in [0, 0.05) is 6.07 Å². The van der Waals surface area contributed by atoms with E-state index >= 15 is 0 Å². The largest absolute Gasteiger partial charge is 0.496 e. The Bertz CT molecular complexity index is 344. The minimum atomic E-state index is 0.426. The molecule has 0 saturated heterocycles. The van der Waals surface area contributed by atoms with Crippen LogP contribution in [0.15, 0.2) is 16.6 Å². The van der Waals surface area contributed by atoms with Gasteiger partial charge in [0.05, 0.1) is 22.8 Å². The van der Waals surface area contributed by atoms with Gasteiger partial charge < -0.3 is 10.5 Å². The van der Waals surface area contributed by atoms with Crippen LogP contribution in [0.2, 0.25) is 0 Å². The molecule has 0 radical (unpaired) electrons. The van der Waals surface area contributed by atoms with Crippen LogP contribution in [0.5, 0.6) is 5.75 Å². The second-order valence-corrected chi connectivity index (χ2v) is 3.04. The van der Waals surface area contributed by atoms with Crippen molar-refractivity contribution in [2.24, 2.45) is 0 Å². The molecule has 0 aliphatic carbocycles. The lowest BCUT2D eigenvalue weighted by molar-refractivity contribution is 0.412. The fourth-order valence-electron chi connectivity index (χ4n) is 0.822. The summed E-state index contributed by atoms with van der Waals surface area (Å²) in [6.45, 7) is 0. The van der Waals surface area contributed by atoms with Crippen LogP contribution >= 0.6 is 15.9 Å². The second-order valence-electron chi connectivity index (χ2n) is 2.19. The lowest BCUT2D eigenvalue weighted by Crippen LogP contribution is -1.92. The van der Waals surface area contributed by atoms with Crippen molar-refractivity contribution in [3.63, 3.8) is 0 Å². The number of methoxy groups -OCH3 is 1. The van der Waals surface area contributed by atoms with Crippen molar-refractivity contribution in [2.45, 2.75) is 0 Å². The summed E-state index contributed by atoms with van der Waals surface area (Å²) in [5.41, 5.74) is 6.42. The fraction of sp³-hybridized carbons (Fsp3) is 0.125. The number of nitrogen functional groups attached to an aromatic ring is 1. The fourth-order valence-corrected chi connectivity index (χ4v) is 1.34. The topological polar surface area (TPSA) is 59.0 Å². The van der Waals surface area contributed by atoms with Crippen molar-refractivity contribution < 1.29 is 4.74 Å². The number of halogens is 1. The molecular formula is C8H7BrN2O. The van der Waals surface area contributed by atoms with Crippen molar-refractivity contribution in [1.29, 1.82) is 5.26 Å². The van der Waals surface area contributed by atoms with Gasteiger partial charge in [-0.15, -0.1) is 0 Å². The molecular weight excluding hydrogens is 220 g/mol. The number of benzene rings is 1. The summed E-state index contributed by atoms with van der Waals surface area (Å²) in [4.78, 5) is 0. The van der Waals surface area contributed by atoms with Gasteiger partial charge in [-0.3, -0.25) is 0 Å². The summed E-state index contributed by atoms with van der Waals surface area (Å²) >= 11 is 3.26. The molecule has 0 amide bonds. The Balaban J connectivity index is 3.30. The number of rotatable bonds is 1. The highest BCUT2D eigenvalue weighted by Gasteiger charge is 2.05. The van der Waals surface area contributed by atoms with Gasteiger partial charge in [0.2, 0.25) is 0 Å². The van der Waals surface area contributed by atoms with Crippen molar-refractivity contribution in [3.05, 3.63) is 22.2 Å². The zero-order valence-corrected chi connectivity index (χ0v) is 8.05. The highest BCUT2D eigenvalue weighted by atomic mass is 79.9. The highest BCUT2D eigenvalue weighted by molar-refractivity contribution is 9.10. The Morgan fingerprint density at radius 2 is 2.25 bits per heavy atom. The van der Waals surface area contributed by atoms with E-state index in [1.165, 1.54) is 7.11 Å². The molecule has 1 aromatic carbocycles. The molecule has 12 heavy (non-hydrogen) atoms. The van der Waals surface area contributed by atoms with Crippen molar-refractivity contribution in [3.8, 4) is 11.8 Å². The Kier molecular flexibility index (Phi) is 2.56. The third kappa shape index (κ3) is 1.51. The second kappa shape index (κ2) is 3.46. The average Bonchev–Trinajstić information content (AvgIpc) is 2.05. The number of anilines is 1. The molecule has 0 heterocycles. The molecule has 0 saturated carbocycles. The minimum absolute atomic E-state index is 0.426. The smallest absolute Gasteiger partial charge is 0.134 e. The molecule has 0 atom stereocenters. The first-order valence-corrected chi connectivity index (χ1v) is 4.01. The third-order valence-electron chi connectivity index (χ3n) is 1.44. The summed E-state index contributed by atoms with van der Waals surface area (Å²) in [6, 6.07) is 5.22. The van der Waals surface area contributed by atoms with E-state index < -0.39 is 0 Å². The molecule has 1 rings (SSSR count). The Morgan fingerprint density at radius 1 is 1.58 bits per heavy atom. The number of nitrogens with two attached hydrogens (primary N) is 1. The molecule has 0 fully saturated rings. The number of ether oxygens (including phenoxy) is 1. The Hall–Kier alpha value is -1.21. The first-order chi connectivity index (χ1) is 5.69. The predicted octanol–water partition coefficient (Wildman–Crippen LogP) is 1.91. The molecule has 0 spiro atoms. The van der Waals surface area contributed by atoms with Crippen LogP contribution in [0, 0.1) is 11.3 Å². The van der Waals surface area contributed by atoms with E-state index in [1.807, 2.05) is 6.07 Å². The number of nitrogens with zero attached hydrogens (tertiary/aromatic N) is 1. The lowest BCUT2D eigenvalue weighted by atomic mass is 10.2. The van der Waals surface area contributed by atoms with Crippen LogP contribution in [0.25, 0.3) is 0 Å². The van der Waals surface area contributed by atoms with E-state index in [-0.39, 0.29) is 0 Å². The van der Waals surface area contributed by atoms with Gasteiger partial charge in [-0.25, -0.2) is 0 Å². The van der Waals surface area contributed by atoms with Crippen LogP contribution in [0.1, 0.15) is 5.56 Å². The van der Waals surface area contributed by atoms with Crippen molar-refractivity contribution in [1.82, 2.24) is 0 Å². The lowest BCUT2D eigenvalue weighted by Gasteiger charge is -2.04. The van der Waals surface area contributed by atoms with Gasteiger partial charge in [-0.05, 0) is 22.0 Å². The first kappa shape index (κ1) is 8.88. The van der Waals surface area contributed by atoms with Crippen molar-refractivity contribution in [2.75, 3.05) is 12.8 Å². The SMILES string of the molecule is COc1cc(C#N)c(N)cc1Br. The van der Waals surface area contributed by atoms with Gasteiger partial charge in [0.15, 0.2) is 0 Å². The van der Waals surface area contributed by atoms with E-state index in [4.69, 9.17) is 15.7 Å². The van der Waals surface area contributed by atoms with Crippen LogP contribution in [-0.4, -0.2) is 7.11 Å². The molecule has 0 unspecified atom stereocenters. The normalized spacial score (nSPS) is 9.08. The van der Waals surface area contributed by atoms with E-state index in [9.17, 15) is 0 Å². The maximum absolute atomic E-state index is 8.63. The van der Waals surface area contributed by atoms with Gasteiger partial charge >= 0.3 is 0 Å². The van der Waals surface area contributed by atoms with E-state index in [0.29, 0.717) is 17.0 Å². The zero-order chi connectivity index (χ0) is 9.14. The summed E-state index contributed by atoms with van der Waals surface area (Å²) in [5, 5.41) is 8.63. The number of nitriles is 1. The van der Waals surface area contributed by atoms with E-state index in [2.05, 4.69) is 15.9 Å². The quantitative estimate of drug-likeness (QED) is 0.745. The molecule has 4 heteroatoms. The Labute approximate surface area is 78.9 Å². The van der Waals surface area contributed by atoms with Crippen molar-refractivity contribution >= 4 is 21.6 Å². The molecule has 2 N–H and O–H groups in total. The number of hydrogen-bond donors (Lipinski definition) is 1. The number of hydrogen-bond acceptors (Lipinski definition) is 3. The molecule has 0 aliphatic rings. The summed E-state index contributed by atoms with van der Waals surface area (Å²) in [7, 11) is 1.54. The standard InChI is InChI=1S/C8H7BrN2O/c1-12-8-2-5(4-10)7(11)3-6(8)9/h2-3H,11H2,1H3. The van der Waals surface area contributed by atoms with E-state index in [0.717, 1.165) is 4.47 Å². The predicted molar refractivity (Wildman–Crippen MR) is 49.8 cm³/mol. The highest BCUT2D eigenvalue weighted by Crippen LogP contribution is 2.29. The minimum Gasteiger partial charge on any atom is -0.496 e. The first-order valence-electron chi connectivity index (χ1n) is 3.22.